The minimum atomic E-state index is -0.360. The van der Waals surface area contributed by atoms with Crippen LogP contribution in [0.3, 0.4) is 0 Å². The maximum atomic E-state index is 12.6. The van der Waals surface area contributed by atoms with Crippen LogP contribution in [0, 0.1) is 5.92 Å². The largest absolute Gasteiger partial charge is 0.494 e. The molecule has 0 unspecified atom stereocenters. The van der Waals surface area contributed by atoms with Crippen LogP contribution in [0.4, 0.5) is 11.4 Å². The van der Waals surface area contributed by atoms with Gasteiger partial charge in [0, 0.05) is 27.5 Å². The quantitative estimate of drug-likeness (QED) is 0.327. The number of hydrogen-bond donors (Lipinski definition) is 3. The van der Waals surface area contributed by atoms with E-state index in [0.29, 0.717) is 45.8 Å². The molecule has 0 aromatic heterocycles. The molecule has 6 nitrogen and oxygen atoms in total. The first-order valence-electron chi connectivity index (χ1n) is 10.8. The molecule has 0 bridgehead atoms. The predicted molar refractivity (Wildman–Crippen MR) is 141 cm³/mol. The van der Waals surface area contributed by atoms with Crippen LogP contribution in [0.1, 0.15) is 41.0 Å². The normalized spacial score (nSPS) is 10.5. The highest BCUT2D eigenvalue weighted by Crippen LogP contribution is 2.18. The molecule has 0 heterocycles. The van der Waals surface area contributed by atoms with Crippen molar-refractivity contribution in [3.05, 3.63) is 88.9 Å². The SMILES string of the molecule is CC(C)CCOc1cccc(C(=O)NC(=S)Nc2cccc(C(=O)Nc3cccc(Cl)c3)c2)c1. The van der Waals surface area contributed by atoms with Gasteiger partial charge in [-0.15, -0.1) is 0 Å². The van der Waals surface area contributed by atoms with Crippen molar-refractivity contribution in [1.29, 1.82) is 0 Å². The summed E-state index contributed by atoms with van der Waals surface area (Å²) in [5.41, 5.74) is 2.01. The van der Waals surface area contributed by atoms with Gasteiger partial charge in [-0.2, -0.15) is 0 Å². The first-order valence-corrected chi connectivity index (χ1v) is 11.6. The molecule has 3 N–H and O–H groups in total. The Hall–Kier alpha value is -3.42. The average molecular weight is 496 g/mol. The molecule has 0 aliphatic carbocycles. The lowest BCUT2D eigenvalue weighted by Gasteiger charge is -2.12. The summed E-state index contributed by atoms with van der Waals surface area (Å²) in [6, 6.07) is 20.6. The topological polar surface area (TPSA) is 79.5 Å². The number of amides is 2. The van der Waals surface area contributed by atoms with E-state index in [4.69, 9.17) is 28.6 Å². The number of benzene rings is 3. The Morgan fingerprint density at radius 2 is 1.53 bits per heavy atom. The molecule has 0 atom stereocenters. The van der Waals surface area contributed by atoms with Crippen LogP contribution in [-0.2, 0) is 0 Å². The summed E-state index contributed by atoms with van der Waals surface area (Å²) >= 11 is 11.3. The third-order valence-electron chi connectivity index (χ3n) is 4.75. The van der Waals surface area contributed by atoms with E-state index in [-0.39, 0.29) is 16.9 Å². The molecule has 0 saturated heterocycles. The zero-order valence-corrected chi connectivity index (χ0v) is 20.5. The number of carbonyl (C=O) groups excluding carboxylic acids is 2. The Morgan fingerprint density at radius 1 is 0.882 bits per heavy atom. The molecule has 2 amide bonds. The van der Waals surface area contributed by atoms with Gasteiger partial charge in [-0.3, -0.25) is 14.9 Å². The number of halogens is 1. The highest BCUT2D eigenvalue weighted by Gasteiger charge is 2.11. The fourth-order valence-electron chi connectivity index (χ4n) is 2.98. The lowest BCUT2D eigenvalue weighted by Crippen LogP contribution is -2.34. The number of hydrogen-bond acceptors (Lipinski definition) is 4. The van der Waals surface area contributed by atoms with E-state index >= 15 is 0 Å². The number of nitrogens with one attached hydrogen (secondary N) is 3. The van der Waals surface area contributed by atoms with E-state index in [1.165, 1.54) is 0 Å². The van der Waals surface area contributed by atoms with Gasteiger partial charge in [-0.05, 0) is 79.2 Å². The van der Waals surface area contributed by atoms with E-state index in [9.17, 15) is 9.59 Å². The highest BCUT2D eigenvalue weighted by molar-refractivity contribution is 7.80. The standard InChI is InChI=1S/C26H26ClN3O3S/c1-17(2)12-13-33-23-11-4-7-19(15-23)25(32)30-26(34)29-21-9-3-6-18(14-21)24(31)28-22-10-5-8-20(27)16-22/h3-11,14-17H,12-13H2,1-2H3,(H,28,31)(H2,29,30,32,34). The third kappa shape index (κ3) is 7.86. The monoisotopic (exact) mass is 495 g/mol. The molecule has 3 aromatic carbocycles. The summed E-state index contributed by atoms with van der Waals surface area (Å²) in [7, 11) is 0. The van der Waals surface area contributed by atoms with Crippen LogP contribution >= 0.6 is 23.8 Å². The van der Waals surface area contributed by atoms with E-state index in [2.05, 4.69) is 29.8 Å². The van der Waals surface area contributed by atoms with Gasteiger partial charge in [0.1, 0.15) is 5.75 Å². The number of rotatable bonds is 8. The number of thiocarbonyl (C=S) groups is 1. The lowest BCUT2D eigenvalue weighted by atomic mass is 10.1. The zero-order valence-electron chi connectivity index (χ0n) is 18.9. The van der Waals surface area contributed by atoms with Crippen LogP contribution in [-0.4, -0.2) is 23.5 Å². The Labute approximate surface area is 209 Å². The summed E-state index contributed by atoms with van der Waals surface area (Å²) < 4.78 is 5.72. The van der Waals surface area contributed by atoms with Crippen molar-refractivity contribution in [2.24, 2.45) is 5.92 Å². The average Bonchev–Trinajstić information content (AvgIpc) is 2.79. The van der Waals surface area contributed by atoms with Crippen LogP contribution in [0.5, 0.6) is 5.75 Å². The van der Waals surface area contributed by atoms with Crippen LogP contribution < -0.4 is 20.7 Å². The number of ether oxygens (including phenoxy) is 1. The lowest BCUT2D eigenvalue weighted by molar-refractivity contribution is 0.0975. The van der Waals surface area contributed by atoms with Crippen molar-refractivity contribution in [2.75, 3.05) is 17.2 Å². The summed E-state index contributed by atoms with van der Waals surface area (Å²) in [6.45, 7) is 4.84. The second-order valence-electron chi connectivity index (χ2n) is 8.01. The molecule has 34 heavy (non-hydrogen) atoms. The van der Waals surface area contributed by atoms with E-state index in [0.717, 1.165) is 6.42 Å². The summed E-state index contributed by atoms with van der Waals surface area (Å²) in [4.78, 5) is 25.2. The van der Waals surface area contributed by atoms with Crippen molar-refractivity contribution in [3.8, 4) is 5.75 Å². The smallest absolute Gasteiger partial charge is 0.257 e. The van der Waals surface area contributed by atoms with Crippen LogP contribution in [0.25, 0.3) is 0 Å². The van der Waals surface area contributed by atoms with Gasteiger partial charge < -0.3 is 15.4 Å². The predicted octanol–water partition coefficient (Wildman–Crippen LogP) is 6.14. The molecule has 0 aliphatic rings. The van der Waals surface area contributed by atoms with Crippen molar-refractivity contribution in [2.45, 2.75) is 20.3 Å². The van der Waals surface area contributed by atoms with E-state index in [1.807, 2.05) is 6.07 Å². The molecule has 0 saturated carbocycles. The fraction of sp³-hybridized carbons (Fsp3) is 0.192. The van der Waals surface area contributed by atoms with Crippen molar-refractivity contribution in [1.82, 2.24) is 5.32 Å². The molecule has 0 spiro atoms. The Kier molecular flexibility index (Phi) is 9.01. The first kappa shape index (κ1) is 25.2. The zero-order chi connectivity index (χ0) is 24.5. The number of anilines is 2. The molecule has 0 aliphatic heterocycles. The first-order chi connectivity index (χ1) is 16.3. The Balaban J connectivity index is 1.57. The number of carbonyl (C=O) groups is 2. The summed E-state index contributed by atoms with van der Waals surface area (Å²) in [5.74, 6) is 0.513. The molecule has 176 valence electrons. The minimum Gasteiger partial charge on any atom is -0.494 e. The fourth-order valence-corrected chi connectivity index (χ4v) is 3.39. The molecule has 0 radical (unpaired) electrons. The maximum absolute atomic E-state index is 12.6. The molecule has 8 heteroatoms. The second kappa shape index (κ2) is 12.2. The van der Waals surface area contributed by atoms with Gasteiger partial charge in [0.2, 0.25) is 0 Å². The maximum Gasteiger partial charge on any atom is 0.257 e. The third-order valence-corrected chi connectivity index (χ3v) is 5.19. The molecular formula is C26H26ClN3O3S. The molecule has 3 aromatic rings. The van der Waals surface area contributed by atoms with Crippen molar-refractivity contribution >= 4 is 52.1 Å². The van der Waals surface area contributed by atoms with Gasteiger partial charge in [-0.25, -0.2) is 0 Å². The second-order valence-corrected chi connectivity index (χ2v) is 8.86. The van der Waals surface area contributed by atoms with Gasteiger partial charge in [0.15, 0.2) is 5.11 Å². The Morgan fingerprint density at radius 3 is 2.24 bits per heavy atom. The van der Waals surface area contributed by atoms with Crippen LogP contribution in [0.2, 0.25) is 5.02 Å². The molecule has 0 fully saturated rings. The minimum absolute atomic E-state index is 0.114. The van der Waals surface area contributed by atoms with Crippen molar-refractivity contribution < 1.29 is 14.3 Å². The summed E-state index contributed by atoms with van der Waals surface area (Å²) in [5, 5.41) is 9.03. The van der Waals surface area contributed by atoms with E-state index < -0.39 is 0 Å². The highest BCUT2D eigenvalue weighted by atomic mass is 35.5. The summed E-state index contributed by atoms with van der Waals surface area (Å²) in [6.07, 6.45) is 0.931. The van der Waals surface area contributed by atoms with Gasteiger partial charge in [0.05, 0.1) is 6.61 Å². The molecule has 3 rings (SSSR count). The van der Waals surface area contributed by atoms with Gasteiger partial charge in [-0.1, -0.05) is 43.6 Å². The van der Waals surface area contributed by atoms with E-state index in [1.54, 1.807) is 66.7 Å². The van der Waals surface area contributed by atoms with Gasteiger partial charge >= 0.3 is 0 Å². The Bertz CT molecular complexity index is 1180. The molecular weight excluding hydrogens is 470 g/mol. The van der Waals surface area contributed by atoms with Crippen molar-refractivity contribution in [3.63, 3.8) is 0 Å². The van der Waals surface area contributed by atoms with Gasteiger partial charge in [0.25, 0.3) is 11.8 Å². The van der Waals surface area contributed by atoms with Crippen LogP contribution in [0.15, 0.2) is 72.8 Å².